The summed E-state index contributed by atoms with van der Waals surface area (Å²) in [5.74, 6) is -0.571. The second-order valence-electron chi connectivity index (χ2n) is 8.82. The van der Waals surface area contributed by atoms with Gasteiger partial charge in [-0.25, -0.2) is 0 Å². The first kappa shape index (κ1) is 23.5. The fourth-order valence-corrected chi connectivity index (χ4v) is 4.63. The minimum atomic E-state index is -4.59. The lowest BCUT2D eigenvalue weighted by atomic mass is 9.81. The van der Waals surface area contributed by atoms with Crippen molar-refractivity contribution >= 4 is 29.3 Å². The van der Waals surface area contributed by atoms with Crippen LogP contribution in [0.1, 0.15) is 28.7 Å². The molecule has 0 heterocycles. The molecule has 0 N–H and O–H groups in total. The summed E-state index contributed by atoms with van der Waals surface area (Å²) < 4.78 is 41.0. The second kappa shape index (κ2) is 8.63. The predicted molar refractivity (Wildman–Crippen MR) is 127 cm³/mol. The summed E-state index contributed by atoms with van der Waals surface area (Å²) in [5, 5.41) is 0. The van der Waals surface area contributed by atoms with Crippen LogP contribution in [0.15, 0.2) is 66.7 Å². The molecule has 1 atom stereocenters. The Morgan fingerprint density at radius 2 is 1.68 bits per heavy atom. The molecule has 34 heavy (non-hydrogen) atoms. The number of para-hydroxylation sites is 1. The van der Waals surface area contributed by atoms with Gasteiger partial charge in [-0.1, -0.05) is 42.0 Å². The molecule has 0 fully saturated rings. The van der Waals surface area contributed by atoms with E-state index in [0.717, 1.165) is 23.3 Å². The van der Waals surface area contributed by atoms with Gasteiger partial charge in [0, 0.05) is 19.8 Å². The first-order valence-corrected chi connectivity index (χ1v) is 10.9. The standard InChI is InChI=1S/C27H25F3N2O2/c1-18-9-11-22-19(15-18)13-14-26(22,17-33)25(34)32(21-7-5-4-6-8-21)24-16-20(27(28,29)30)10-12-23(24)31(2)3/h4-12,15-17H,13-14H2,1-3H3. The molecule has 3 aromatic rings. The number of nitrogens with zero attached hydrogens (tertiary/aromatic N) is 2. The average Bonchev–Trinajstić information content (AvgIpc) is 3.18. The number of anilines is 3. The highest BCUT2D eigenvalue weighted by atomic mass is 19.4. The normalized spacial score (nSPS) is 17.2. The zero-order chi connectivity index (χ0) is 24.7. The molecule has 4 nitrogen and oxygen atoms in total. The van der Waals surface area contributed by atoms with Crippen LogP contribution in [0.5, 0.6) is 0 Å². The maximum absolute atomic E-state index is 14.3. The minimum absolute atomic E-state index is 0.0674. The number of benzene rings is 3. The number of rotatable bonds is 5. The number of halogens is 3. The summed E-state index contributed by atoms with van der Waals surface area (Å²) in [6.07, 6.45) is -3.15. The van der Waals surface area contributed by atoms with E-state index in [2.05, 4.69) is 0 Å². The van der Waals surface area contributed by atoms with Crippen molar-refractivity contribution in [2.45, 2.75) is 31.4 Å². The molecule has 1 aliphatic carbocycles. The highest BCUT2D eigenvalue weighted by Crippen LogP contribution is 2.45. The van der Waals surface area contributed by atoms with Gasteiger partial charge in [0.1, 0.15) is 11.7 Å². The summed E-state index contributed by atoms with van der Waals surface area (Å²) in [4.78, 5) is 29.8. The van der Waals surface area contributed by atoms with Crippen LogP contribution in [0.2, 0.25) is 0 Å². The maximum atomic E-state index is 14.3. The summed E-state index contributed by atoms with van der Waals surface area (Å²) in [5.41, 5.74) is 1.05. The molecule has 1 amide bonds. The molecule has 0 spiro atoms. The molecule has 0 aromatic heterocycles. The van der Waals surface area contributed by atoms with Crippen LogP contribution in [0.3, 0.4) is 0 Å². The summed E-state index contributed by atoms with van der Waals surface area (Å²) in [7, 11) is 3.39. The van der Waals surface area contributed by atoms with Crippen molar-refractivity contribution in [3.8, 4) is 0 Å². The van der Waals surface area contributed by atoms with Crippen LogP contribution in [0, 0.1) is 6.92 Å². The number of fused-ring (bicyclic) bond motifs is 1. The number of carbonyl (C=O) groups is 2. The number of hydrogen-bond acceptors (Lipinski definition) is 3. The van der Waals surface area contributed by atoms with E-state index in [9.17, 15) is 22.8 Å². The predicted octanol–water partition coefficient (Wildman–Crippen LogP) is 5.83. The molecule has 3 aromatic carbocycles. The van der Waals surface area contributed by atoms with Gasteiger partial charge in [-0.2, -0.15) is 13.2 Å². The van der Waals surface area contributed by atoms with E-state index in [1.165, 1.54) is 11.0 Å². The average molecular weight is 467 g/mol. The van der Waals surface area contributed by atoms with Crippen LogP contribution in [0.4, 0.5) is 30.2 Å². The van der Waals surface area contributed by atoms with E-state index in [-0.39, 0.29) is 12.1 Å². The van der Waals surface area contributed by atoms with Crippen LogP contribution >= 0.6 is 0 Å². The first-order chi connectivity index (χ1) is 16.1. The number of carbonyl (C=O) groups excluding carboxylic acids is 2. The third kappa shape index (κ3) is 3.95. The van der Waals surface area contributed by atoms with Gasteiger partial charge >= 0.3 is 6.18 Å². The molecule has 1 aliphatic rings. The highest BCUT2D eigenvalue weighted by molar-refractivity contribution is 6.16. The van der Waals surface area contributed by atoms with E-state index in [4.69, 9.17) is 0 Å². The van der Waals surface area contributed by atoms with Crippen LogP contribution in [-0.2, 0) is 27.6 Å². The van der Waals surface area contributed by atoms with Gasteiger partial charge in [0.15, 0.2) is 0 Å². The molecule has 0 saturated heterocycles. The van der Waals surface area contributed by atoms with Crippen molar-refractivity contribution < 1.29 is 22.8 Å². The van der Waals surface area contributed by atoms with Crippen LogP contribution in [0.25, 0.3) is 0 Å². The Kier molecular flexibility index (Phi) is 5.98. The molecule has 0 bridgehead atoms. The van der Waals surface area contributed by atoms with Crippen molar-refractivity contribution in [1.82, 2.24) is 0 Å². The number of alkyl halides is 3. The van der Waals surface area contributed by atoms with Gasteiger partial charge in [-0.05, 0) is 61.2 Å². The molecule has 176 valence electrons. The fourth-order valence-electron chi connectivity index (χ4n) is 4.63. The van der Waals surface area contributed by atoms with Gasteiger partial charge in [-0.15, -0.1) is 0 Å². The van der Waals surface area contributed by atoms with Gasteiger partial charge in [0.25, 0.3) is 0 Å². The van der Waals surface area contributed by atoms with Crippen molar-refractivity contribution in [2.75, 3.05) is 23.9 Å². The van der Waals surface area contributed by atoms with Gasteiger partial charge in [-0.3, -0.25) is 9.69 Å². The summed E-state index contributed by atoms with van der Waals surface area (Å²) >= 11 is 0. The monoisotopic (exact) mass is 466 g/mol. The number of aryl methyl sites for hydroxylation is 2. The maximum Gasteiger partial charge on any atom is 0.416 e. The lowest BCUT2D eigenvalue weighted by Crippen LogP contribution is -2.45. The smallest absolute Gasteiger partial charge is 0.376 e. The van der Waals surface area contributed by atoms with Crippen molar-refractivity contribution in [2.24, 2.45) is 0 Å². The third-order valence-electron chi connectivity index (χ3n) is 6.36. The lowest BCUT2D eigenvalue weighted by molar-refractivity contribution is -0.137. The molecular formula is C27H25F3N2O2. The van der Waals surface area contributed by atoms with Gasteiger partial charge in [0.05, 0.1) is 16.9 Å². The van der Waals surface area contributed by atoms with Crippen molar-refractivity contribution in [3.63, 3.8) is 0 Å². The Morgan fingerprint density at radius 3 is 2.29 bits per heavy atom. The summed E-state index contributed by atoms with van der Waals surface area (Å²) in [6.45, 7) is 1.94. The van der Waals surface area contributed by atoms with Crippen LogP contribution < -0.4 is 9.80 Å². The molecule has 7 heteroatoms. The zero-order valence-electron chi connectivity index (χ0n) is 19.2. The third-order valence-corrected chi connectivity index (χ3v) is 6.36. The number of aldehydes is 1. The fraction of sp³-hybridized carbons (Fsp3) is 0.259. The minimum Gasteiger partial charge on any atom is -0.376 e. The number of amides is 1. The Balaban J connectivity index is 1.97. The summed E-state index contributed by atoms with van der Waals surface area (Å²) in [6, 6.07) is 17.4. The second-order valence-corrected chi connectivity index (χ2v) is 8.82. The Hall–Kier alpha value is -3.61. The Bertz CT molecular complexity index is 1240. The Morgan fingerprint density at radius 1 is 0.971 bits per heavy atom. The SMILES string of the molecule is Cc1ccc2c(c1)CCC2(C=O)C(=O)N(c1ccccc1)c1cc(C(F)(F)F)ccc1N(C)C. The first-order valence-electron chi connectivity index (χ1n) is 10.9. The van der Waals surface area contributed by atoms with Crippen molar-refractivity contribution in [3.05, 3.63) is 89.0 Å². The van der Waals surface area contributed by atoms with Gasteiger partial charge in [0.2, 0.25) is 5.91 Å². The lowest BCUT2D eigenvalue weighted by Gasteiger charge is -2.34. The number of hydrogen-bond donors (Lipinski definition) is 0. The van der Waals surface area contributed by atoms with E-state index >= 15 is 0 Å². The van der Waals surface area contributed by atoms with E-state index < -0.39 is 23.1 Å². The van der Waals surface area contributed by atoms with Crippen LogP contribution in [-0.4, -0.2) is 26.3 Å². The Labute approximate surface area is 196 Å². The zero-order valence-corrected chi connectivity index (χ0v) is 19.2. The molecule has 4 rings (SSSR count). The molecule has 1 unspecified atom stereocenters. The molecule has 0 saturated carbocycles. The van der Waals surface area contributed by atoms with E-state index in [1.54, 1.807) is 55.4 Å². The van der Waals surface area contributed by atoms with E-state index in [1.807, 2.05) is 19.1 Å². The largest absolute Gasteiger partial charge is 0.416 e. The highest BCUT2D eigenvalue weighted by Gasteiger charge is 2.48. The van der Waals surface area contributed by atoms with E-state index in [0.29, 0.717) is 29.6 Å². The molecule has 0 radical (unpaired) electrons. The van der Waals surface area contributed by atoms with Crippen molar-refractivity contribution in [1.29, 1.82) is 0 Å². The topological polar surface area (TPSA) is 40.6 Å². The quantitative estimate of drug-likeness (QED) is 0.351. The molecular weight excluding hydrogens is 441 g/mol. The van der Waals surface area contributed by atoms with Gasteiger partial charge < -0.3 is 9.69 Å². The molecule has 0 aliphatic heterocycles.